The molecular weight excluding hydrogens is 200 g/mol. The fraction of sp³-hybridized carbons (Fsp3) is 1.00. The summed E-state index contributed by atoms with van der Waals surface area (Å²) in [4.78, 5) is 0. The molecule has 0 amide bonds. The minimum atomic E-state index is -1.06. The van der Waals surface area contributed by atoms with Gasteiger partial charge in [-0.2, -0.15) is 12.6 Å². The van der Waals surface area contributed by atoms with Crippen LogP contribution in [0.2, 0.25) is 0 Å². The number of ether oxygens (including phenoxy) is 1. The number of hydrogen-bond acceptors (Lipinski definition) is 6. The van der Waals surface area contributed by atoms with Crippen molar-refractivity contribution in [3.63, 3.8) is 0 Å². The van der Waals surface area contributed by atoms with Crippen LogP contribution in [0.5, 0.6) is 0 Å². The summed E-state index contributed by atoms with van der Waals surface area (Å²) in [5.74, 6) is 0. The highest BCUT2D eigenvalue weighted by atomic mass is 32.1. The molecule has 0 unspecified atom stereocenters. The highest BCUT2D eigenvalue weighted by Gasteiger charge is 2.40. The molecule has 0 saturated carbocycles. The smallest absolute Gasteiger partial charge is 0.129 e. The van der Waals surface area contributed by atoms with E-state index >= 15 is 0 Å². The SMILES string of the molecule is OC[C@H]1O[C@H](S)[C@@H](O)[C@@H](O)[C@@H]1S. The van der Waals surface area contributed by atoms with Gasteiger partial charge in [0.2, 0.25) is 0 Å². The molecule has 5 atom stereocenters. The van der Waals surface area contributed by atoms with Crippen molar-refractivity contribution in [3.05, 3.63) is 0 Å². The Morgan fingerprint density at radius 2 is 1.75 bits per heavy atom. The first-order valence-electron chi connectivity index (χ1n) is 3.56. The van der Waals surface area contributed by atoms with E-state index in [1.807, 2.05) is 0 Å². The standard InChI is InChI=1S/C6H12O4S2/c7-1-2-5(11)3(8)4(9)6(12)10-2/h2-9,11-12H,1H2/t2-,3-,4+,5-,6-/m1/s1. The van der Waals surface area contributed by atoms with Gasteiger partial charge in [0.1, 0.15) is 11.5 Å². The molecule has 0 aromatic rings. The molecule has 0 bridgehead atoms. The quantitative estimate of drug-likeness (QED) is 0.349. The molecule has 1 saturated heterocycles. The van der Waals surface area contributed by atoms with Gasteiger partial charge < -0.3 is 20.1 Å². The Morgan fingerprint density at radius 3 is 2.25 bits per heavy atom. The third-order valence-electron chi connectivity index (χ3n) is 1.87. The summed E-state index contributed by atoms with van der Waals surface area (Å²) in [6.45, 7) is -0.241. The number of hydrogen-bond donors (Lipinski definition) is 5. The fourth-order valence-corrected chi connectivity index (χ4v) is 1.76. The van der Waals surface area contributed by atoms with E-state index in [0.29, 0.717) is 0 Å². The molecule has 6 heteroatoms. The maximum absolute atomic E-state index is 9.35. The van der Waals surface area contributed by atoms with Crippen molar-refractivity contribution in [1.29, 1.82) is 0 Å². The van der Waals surface area contributed by atoms with Gasteiger partial charge in [0.15, 0.2) is 0 Å². The van der Waals surface area contributed by atoms with Crippen LogP contribution in [0.1, 0.15) is 0 Å². The summed E-state index contributed by atoms with van der Waals surface area (Å²) in [5.41, 5.74) is -0.763. The lowest BCUT2D eigenvalue weighted by atomic mass is 10.0. The third kappa shape index (κ3) is 1.89. The summed E-state index contributed by atoms with van der Waals surface area (Å²) >= 11 is 7.89. The molecule has 12 heavy (non-hydrogen) atoms. The van der Waals surface area contributed by atoms with Crippen molar-refractivity contribution in [2.75, 3.05) is 6.61 Å². The van der Waals surface area contributed by atoms with Crippen molar-refractivity contribution in [1.82, 2.24) is 0 Å². The summed E-state index contributed by atoms with van der Waals surface area (Å²) in [6.07, 6.45) is -2.64. The second-order valence-electron chi connectivity index (χ2n) is 2.72. The second-order valence-corrected chi connectivity index (χ2v) is 3.82. The highest BCUT2D eigenvalue weighted by Crippen LogP contribution is 2.26. The van der Waals surface area contributed by atoms with Crippen LogP contribution < -0.4 is 0 Å². The Bertz CT molecular complexity index is 152. The maximum Gasteiger partial charge on any atom is 0.129 e. The van der Waals surface area contributed by atoms with Crippen LogP contribution in [0.4, 0.5) is 0 Å². The molecule has 0 radical (unpaired) electrons. The zero-order valence-electron chi connectivity index (χ0n) is 6.24. The van der Waals surface area contributed by atoms with Gasteiger partial charge in [-0.15, -0.1) is 12.6 Å². The predicted octanol–water partition coefficient (Wildman–Crippen LogP) is -1.35. The lowest BCUT2D eigenvalue weighted by Crippen LogP contribution is -2.54. The van der Waals surface area contributed by atoms with Gasteiger partial charge in [-0.05, 0) is 0 Å². The van der Waals surface area contributed by atoms with E-state index in [9.17, 15) is 10.2 Å². The Kier molecular flexibility index (Phi) is 3.69. The summed E-state index contributed by atoms with van der Waals surface area (Å²) in [6, 6.07) is 0. The van der Waals surface area contributed by atoms with Crippen LogP contribution in [0.25, 0.3) is 0 Å². The summed E-state index contributed by atoms with van der Waals surface area (Å²) in [7, 11) is 0. The predicted molar refractivity (Wildman–Crippen MR) is 49.5 cm³/mol. The van der Waals surface area contributed by atoms with Crippen LogP contribution in [0.15, 0.2) is 0 Å². The molecule has 0 aliphatic carbocycles. The topological polar surface area (TPSA) is 69.9 Å². The lowest BCUT2D eigenvalue weighted by Gasteiger charge is -2.38. The highest BCUT2D eigenvalue weighted by molar-refractivity contribution is 7.81. The van der Waals surface area contributed by atoms with Gasteiger partial charge in [-0.25, -0.2) is 0 Å². The van der Waals surface area contributed by atoms with Crippen molar-refractivity contribution < 1.29 is 20.1 Å². The Hall–Kier alpha value is 0.540. The van der Waals surface area contributed by atoms with E-state index in [2.05, 4.69) is 25.3 Å². The molecule has 1 fully saturated rings. The van der Waals surface area contributed by atoms with Crippen molar-refractivity contribution in [3.8, 4) is 0 Å². The molecule has 1 aliphatic heterocycles. The zero-order chi connectivity index (χ0) is 9.30. The molecule has 0 aromatic heterocycles. The normalized spacial score (nSPS) is 49.2. The fourth-order valence-electron chi connectivity index (χ4n) is 1.08. The third-order valence-corrected chi connectivity index (χ3v) is 2.93. The monoisotopic (exact) mass is 212 g/mol. The van der Waals surface area contributed by atoms with Gasteiger partial charge in [0.25, 0.3) is 0 Å². The van der Waals surface area contributed by atoms with Gasteiger partial charge in [-0.3, -0.25) is 0 Å². The average molecular weight is 212 g/mol. The molecule has 0 spiro atoms. The van der Waals surface area contributed by atoms with Crippen LogP contribution in [-0.4, -0.2) is 50.9 Å². The number of rotatable bonds is 1. The molecule has 4 nitrogen and oxygen atoms in total. The van der Waals surface area contributed by atoms with Crippen LogP contribution in [0, 0.1) is 0 Å². The van der Waals surface area contributed by atoms with E-state index in [1.54, 1.807) is 0 Å². The van der Waals surface area contributed by atoms with Crippen LogP contribution >= 0.6 is 25.3 Å². The number of thiol groups is 2. The summed E-state index contributed by atoms with van der Waals surface area (Å²) in [5, 5.41) is 26.8. The molecule has 3 N–H and O–H groups in total. The molecule has 72 valence electrons. The van der Waals surface area contributed by atoms with Crippen LogP contribution in [-0.2, 0) is 4.74 Å². The van der Waals surface area contributed by atoms with Crippen molar-refractivity contribution in [2.24, 2.45) is 0 Å². The van der Waals surface area contributed by atoms with Crippen molar-refractivity contribution >= 4 is 25.3 Å². The van der Waals surface area contributed by atoms with E-state index in [0.717, 1.165) is 0 Å². The van der Waals surface area contributed by atoms with Gasteiger partial charge >= 0.3 is 0 Å². The van der Waals surface area contributed by atoms with Crippen molar-refractivity contribution in [2.45, 2.75) is 29.0 Å². The molecule has 1 heterocycles. The minimum Gasteiger partial charge on any atom is -0.394 e. The van der Waals surface area contributed by atoms with Gasteiger partial charge in [0, 0.05) is 0 Å². The van der Waals surface area contributed by atoms with Crippen LogP contribution in [0.3, 0.4) is 0 Å². The first-order chi connectivity index (χ1) is 5.57. The largest absolute Gasteiger partial charge is 0.394 e. The second kappa shape index (κ2) is 4.17. The van der Waals surface area contributed by atoms with E-state index < -0.39 is 29.0 Å². The first kappa shape index (κ1) is 10.6. The number of aliphatic hydroxyl groups is 3. The first-order valence-corrected chi connectivity index (χ1v) is 4.59. The number of aliphatic hydroxyl groups excluding tert-OH is 3. The van der Waals surface area contributed by atoms with E-state index in [-0.39, 0.29) is 6.61 Å². The zero-order valence-corrected chi connectivity index (χ0v) is 8.03. The minimum absolute atomic E-state index is 0.241. The molecule has 1 rings (SSSR count). The Morgan fingerprint density at radius 1 is 1.17 bits per heavy atom. The average Bonchev–Trinajstić information content (AvgIpc) is 2.08. The van der Waals surface area contributed by atoms with E-state index in [1.165, 1.54) is 0 Å². The van der Waals surface area contributed by atoms with Gasteiger partial charge in [0.05, 0.1) is 24.1 Å². The van der Waals surface area contributed by atoms with Gasteiger partial charge in [-0.1, -0.05) is 0 Å². The molecule has 1 aliphatic rings. The lowest BCUT2D eigenvalue weighted by molar-refractivity contribution is -0.139. The van der Waals surface area contributed by atoms with E-state index in [4.69, 9.17) is 9.84 Å². The Balaban J connectivity index is 2.63. The summed E-state index contributed by atoms with van der Waals surface area (Å²) < 4.78 is 5.06. The molecular formula is C6H12O4S2. The Labute approximate surface area is 81.4 Å². The maximum atomic E-state index is 9.35. The molecule has 0 aromatic carbocycles.